The van der Waals surface area contributed by atoms with E-state index in [4.69, 9.17) is 10.6 Å². The van der Waals surface area contributed by atoms with Gasteiger partial charge in [-0.1, -0.05) is 0 Å². The summed E-state index contributed by atoms with van der Waals surface area (Å²) in [5.74, 6) is 6.10. The zero-order valence-electron chi connectivity index (χ0n) is 7.13. The lowest BCUT2D eigenvalue weighted by atomic mass is 10.2. The van der Waals surface area contributed by atoms with E-state index in [2.05, 4.69) is 5.43 Å². The molecule has 0 aliphatic rings. The van der Waals surface area contributed by atoms with Crippen molar-refractivity contribution in [3.63, 3.8) is 0 Å². The lowest BCUT2D eigenvalue weighted by molar-refractivity contribution is 0.414. The highest BCUT2D eigenvalue weighted by Crippen LogP contribution is 2.19. The maximum Gasteiger partial charge on any atom is 0.119 e. The van der Waals surface area contributed by atoms with Crippen LogP contribution < -0.4 is 16.0 Å². The van der Waals surface area contributed by atoms with Crippen molar-refractivity contribution in [2.24, 2.45) is 5.84 Å². The molecule has 3 N–H and O–H groups in total. The molecule has 12 heavy (non-hydrogen) atoms. The van der Waals surface area contributed by atoms with E-state index in [1.54, 1.807) is 7.11 Å². The summed E-state index contributed by atoms with van der Waals surface area (Å²) in [6.07, 6.45) is 0. The number of hydrazine groups is 1. The van der Waals surface area contributed by atoms with Gasteiger partial charge in [0.1, 0.15) is 5.75 Å². The van der Waals surface area contributed by atoms with Crippen LogP contribution in [-0.2, 0) is 0 Å². The van der Waals surface area contributed by atoms with Crippen LogP contribution in [0.1, 0.15) is 5.56 Å². The van der Waals surface area contributed by atoms with Gasteiger partial charge in [0.25, 0.3) is 0 Å². The number of hydrogen-bond acceptors (Lipinski definition) is 3. The zero-order valence-corrected chi connectivity index (χ0v) is 7.94. The third kappa shape index (κ3) is 2.29. The standard InChI is InChI=1S/C8H12N2O.ClH/c1-6-5-7(11-2)3-4-8(6)10-9;/h3-5,10H,9H2,1-2H3;1H. The van der Waals surface area contributed by atoms with Crippen molar-refractivity contribution in [1.82, 2.24) is 0 Å². The molecular weight excluding hydrogens is 176 g/mol. The Balaban J connectivity index is 0.00000121. The summed E-state index contributed by atoms with van der Waals surface area (Å²) in [6.45, 7) is 1.97. The Morgan fingerprint density at radius 3 is 2.50 bits per heavy atom. The summed E-state index contributed by atoms with van der Waals surface area (Å²) in [5, 5.41) is 0. The summed E-state index contributed by atoms with van der Waals surface area (Å²) >= 11 is 0. The molecular formula is C8H13ClN2O. The molecule has 0 bridgehead atoms. The van der Waals surface area contributed by atoms with Crippen molar-refractivity contribution in [1.29, 1.82) is 0 Å². The first kappa shape index (κ1) is 11.1. The van der Waals surface area contributed by atoms with Gasteiger partial charge in [-0.2, -0.15) is 0 Å². The van der Waals surface area contributed by atoms with E-state index >= 15 is 0 Å². The van der Waals surface area contributed by atoms with Gasteiger partial charge in [-0.3, -0.25) is 5.84 Å². The Kier molecular flexibility index (Phi) is 4.47. The van der Waals surface area contributed by atoms with Crippen molar-refractivity contribution in [3.8, 4) is 5.75 Å². The molecule has 0 fully saturated rings. The minimum atomic E-state index is 0. The normalized spacial score (nSPS) is 8.58. The van der Waals surface area contributed by atoms with E-state index in [0.29, 0.717) is 0 Å². The molecule has 0 saturated heterocycles. The first-order chi connectivity index (χ1) is 5.27. The van der Waals surface area contributed by atoms with Crippen LogP contribution in [-0.4, -0.2) is 7.11 Å². The van der Waals surface area contributed by atoms with Crippen LogP contribution >= 0.6 is 12.4 Å². The molecule has 0 atom stereocenters. The molecule has 0 amide bonds. The fourth-order valence-electron chi connectivity index (χ4n) is 0.925. The number of methoxy groups -OCH3 is 1. The third-order valence-electron chi connectivity index (χ3n) is 1.59. The first-order valence-corrected chi connectivity index (χ1v) is 3.39. The maximum absolute atomic E-state index is 5.25. The van der Waals surface area contributed by atoms with Crippen LogP contribution in [0.25, 0.3) is 0 Å². The molecule has 0 radical (unpaired) electrons. The molecule has 1 aromatic carbocycles. The SMILES string of the molecule is COc1ccc(NN)c(C)c1.Cl. The van der Waals surface area contributed by atoms with Gasteiger partial charge < -0.3 is 10.2 Å². The number of nitrogens with two attached hydrogens (primary N) is 1. The highest BCUT2D eigenvalue weighted by atomic mass is 35.5. The summed E-state index contributed by atoms with van der Waals surface area (Å²) in [5.41, 5.74) is 4.59. The fraction of sp³-hybridized carbons (Fsp3) is 0.250. The molecule has 3 nitrogen and oxygen atoms in total. The number of nitrogens with one attached hydrogen (secondary N) is 1. The minimum Gasteiger partial charge on any atom is -0.497 e. The van der Waals surface area contributed by atoms with Crippen LogP contribution in [0, 0.1) is 6.92 Å². The van der Waals surface area contributed by atoms with Crippen LogP contribution in [0.5, 0.6) is 5.75 Å². The van der Waals surface area contributed by atoms with E-state index < -0.39 is 0 Å². The van der Waals surface area contributed by atoms with Crippen LogP contribution in [0.3, 0.4) is 0 Å². The van der Waals surface area contributed by atoms with E-state index in [-0.39, 0.29) is 12.4 Å². The van der Waals surface area contributed by atoms with Gasteiger partial charge in [0, 0.05) is 0 Å². The van der Waals surface area contributed by atoms with Gasteiger partial charge in [0.05, 0.1) is 12.8 Å². The quantitative estimate of drug-likeness (QED) is 0.549. The van der Waals surface area contributed by atoms with E-state index in [1.165, 1.54) is 0 Å². The molecule has 0 spiro atoms. The average Bonchev–Trinajstić information content (AvgIpc) is 2.04. The van der Waals surface area contributed by atoms with Gasteiger partial charge in [0.2, 0.25) is 0 Å². The van der Waals surface area contributed by atoms with Gasteiger partial charge >= 0.3 is 0 Å². The molecule has 0 unspecified atom stereocenters. The second kappa shape index (κ2) is 4.85. The fourth-order valence-corrected chi connectivity index (χ4v) is 0.925. The Hall–Kier alpha value is -0.930. The summed E-state index contributed by atoms with van der Waals surface area (Å²) < 4.78 is 5.03. The molecule has 0 heterocycles. The van der Waals surface area contributed by atoms with Gasteiger partial charge in [-0.25, -0.2) is 0 Å². The second-order valence-corrected chi connectivity index (χ2v) is 2.33. The number of anilines is 1. The van der Waals surface area contributed by atoms with Crippen molar-refractivity contribution in [3.05, 3.63) is 23.8 Å². The summed E-state index contributed by atoms with van der Waals surface area (Å²) in [7, 11) is 1.64. The predicted molar refractivity (Wildman–Crippen MR) is 52.8 cm³/mol. The first-order valence-electron chi connectivity index (χ1n) is 3.39. The number of aryl methyl sites for hydroxylation is 1. The zero-order chi connectivity index (χ0) is 8.27. The summed E-state index contributed by atoms with van der Waals surface area (Å²) in [4.78, 5) is 0. The van der Waals surface area contributed by atoms with Gasteiger partial charge in [-0.15, -0.1) is 12.4 Å². The van der Waals surface area contributed by atoms with Crippen LogP contribution in [0.4, 0.5) is 5.69 Å². The van der Waals surface area contributed by atoms with Crippen LogP contribution in [0.2, 0.25) is 0 Å². The topological polar surface area (TPSA) is 47.3 Å². The Bertz CT molecular complexity index is 253. The number of hydrogen-bond donors (Lipinski definition) is 2. The number of ether oxygens (including phenoxy) is 1. The number of nitrogen functional groups attached to an aromatic ring is 1. The Morgan fingerprint density at radius 1 is 1.42 bits per heavy atom. The summed E-state index contributed by atoms with van der Waals surface area (Å²) in [6, 6.07) is 5.67. The Morgan fingerprint density at radius 2 is 2.08 bits per heavy atom. The van der Waals surface area contributed by atoms with Crippen molar-refractivity contribution < 1.29 is 4.74 Å². The van der Waals surface area contributed by atoms with Crippen molar-refractivity contribution >= 4 is 18.1 Å². The number of rotatable bonds is 2. The molecule has 68 valence electrons. The second-order valence-electron chi connectivity index (χ2n) is 2.33. The van der Waals surface area contributed by atoms with Crippen molar-refractivity contribution in [2.75, 3.05) is 12.5 Å². The van der Waals surface area contributed by atoms with E-state index in [1.807, 2.05) is 25.1 Å². The number of benzene rings is 1. The minimum absolute atomic E-state index is 0. The highest BCUT2D eigenvalue weighted by Gasteiger charge is 1.96. The average molecular weight is 189 g/mol. The highest BCUT2D eigenvalue weighted by molar-refractivity contribution is 5.85. The van der Waals surface area contributed by atoms with Gasteiger partial charge in [-0.05, 0) is 30.7 Å². The molecule has 0 saturated carbocycles. The lowest BCUT2D eigenvalue weighted by Crippen LogP contribution is -2.07. The largest absolute Gasteiger partial charge is 0.497 e. The smallest absolute Gasteiger partial charge is 0.119 e. The lowest BCUT2D eigenvalue weighted by Gasteiger charge is -2.05. The van der Waals surface area contributed by atoms with Gasteiger partial charge in [0.15, 0.2) is 0 Å². The molecule has 0 aliphatic heterocycles. The van der Waals surface area contributed by atoms with Crippen molar-refractivity contribution in [2.45, 2.75) is 6.92 Å². The van der Waals surface area contributed by atoms with Crippen LogP contribution in [0.15, 0.2) is 18.2 Å². The number of halogens is 1. The molecule has 0 aliphatic carbocycles. The predicted octanol–water partition coefficient (Wildman–Crippen LogP) is 1.71. The maximum atomic E-state index is 5.25. The van der Waals surface area contributed by atoms with E-state index in [9.17, 15) is 0 Å². The Labute approximate surface area is 78.3 Å². The molecule has 4 heteroatoms. The molecule has 0 aromatic heterocycles. The molecule has 1 aromatic rings. The third-order valence-corrected chi connectivity index (χ3v) is 1.59. The molecule has 1 rings (SSSR count). The van der Waals surface area contributed by atoms with E-state index in [0.717, 1.165) is 17.0 Å². The monoisotopic (exact) mass is 188 g/mol.